The molecule has 1 aliphatic rings. The average Bonchev–Trinajstić information content (AvgIpc) is 2.36. The Kier molecular flexibility index (Phi) is 2.63. The van der Waals surface area contributed by atoms with Crippen molar-refractivity contribution in [3.63, 3.8) is 0 Å². The molecule has 1 atom stereocenters. The van der Waals surface area contributed by atoms with Crippen molar-refractivity contribution >= 4 is 12.2 Å². The first-order valence-corrected chi connectivity index (χ1v) is 3.96. The van der Waals surface area contributed by atoms with Crippen LogP contribution in [0.25, 0.3) is 0 Å². The molecule has 1 fully saturated rings. The molecule has 1 amide bonds. The monoisotopic (exact) mass is 155 g/mol. The number of rotatable bonds is 2. The van der Waals surface area contributed by atoms with E-state index in [-0.39, 0.29) is 11.9 Å². The summed E-state index contributed by atoms with van der Waals surface area (Å²) in [6.07, 6.45) is 3.42. The third-order valence-electron chi connectivity index (χ3n) is 2.15. The van der Waals surface area contributed by atoms with Crippen molar-refractivity contribution in [3.05, 3.63) is 0 Å². The Bertz CT molecular complexity index is 167. The van der Waals surface area contributed by atoms with Gasteiger partial charge in [-0.05, 0) is 12.8 Å². The Labute approximate surface area is 66.4 Å². The van der Waals surface area contributed by atoms with Crippen molar-refractivity contribution in [1.29, 1.82) is 0 Å². The van der Waals surface area contributed by atoms with Crippen molar-refractivity contribution in [2.45, 2.75) is 32.2 Å². The van der Waals surface area contributed by atoms with Crippen LogP contribution in [0, 0.1) is 0 Å². The fourth-order valence-corrected chi connectivity index (χ4v) is 1.61. The standard InChI is InChI=1S/C8H13NO2/c1-7(11)9-5-2-3-8(9)4-6-10/h6,8H,2-5H2,1H3/t8-/m0/s1. The minimum absolute atomic E-state index is 0.0920. The van der Waals surface area contributed by atoms with Gasteiger partial charge in [0.2, 0.25) is 5.91 Å². The summed E-state index contributed by atoms with van der Waals surface area (Å²) in [6, 6.07) is 0.185. The van der Waals surface area contributed by atoms with Crippen LogP contribution in [0.1, 0.15) is 26.2 Å². The molecular formula is C8H13NO2. The summed E-state index contributed by atoms with van der Waals surface area (Å²) in [4.78, 5) is 22.9. The predicted molar refractivity (Wildman–Crippen MR) is 41.1 cm³/mol. The number of hydrogen-bond acceptors (Lipinski definition) is 2. The molecule has 0 aromatic carbocycles. The lowest BCUT2D eigenvalue weighted by Gasteiger charge is -2.20. The summed E-state index contributed by atoms with van der Waals surface area (Å²) in [5, 5.41) is 0. The van der Waals surface area contributed by atoms with Gasteiger partial charge in [0.15, 0.2) is 0 Å². The normalized spacial score (nSPS) is 23.7. The highest BCUT2D eigenvalue weighted by Crippen LogP contribution is 2.18. The van der Waals surface area contributed by atoms with E-state index in [1.165, 1.54) is 0 Å². The van der Waals surface area contributed by atoms with E-state index in [4.69, 9.17) is 0 Å². The van der Waals surface area contributed by atoms with Gasteiger partial charge < -0.3 is 9.69 Å². The van der Waals surface area contributed by atoms with Gasteiger partial charge in [-0.3, -0.25) is 4.79 Å². The average molecular weight is 155 g/mol. The molecule has 0 bridgehead atoms. The highest BCUT2D eigenvalue weighted by atomic mass is 16.2. The lowest BCUT2D eigenvalue weighted by atomic mass is 10.2. The second-order valence-corrected chi connectivity index (χ2v) is 2.91. The van der Waals surface area contributed by atoms with Gasteiger partial charge in [-0.15, -0.1) is 0 Å². The van der Waals surface area contributed by atoms with E-state index >= 15 is 0 Å². The van der Waals surface area contributed by atoms with Crippen LogP contribution in [-0.2, 0) is 9.59 Å². The predicted octanol–water partition coefficient (Wildman–Crippen LogP) is 0.586. The molecule has 0 aliphatic carbocycles. The van der Waals surface area contributed by atoms with E-state index in [0.29, 0.717) is 6.42 Å². The molecule has 1 saturated heterocycles. The van der Waals surface area contributed by atoms with Crippen LogP contribution in [-0.4, -0.2) is 29.7 Å². The van der Waals surface area contributed by atoms with Gasteiger partial charge in [-0.1, -0.05) is 0 Å². The van der Waals surface area contributed by atoms with E-state index in [2.05, 4.69) is 0 Å². The summed E-state index contributed by atoms with van der Waals surface area (Å²) in [5.74, 6) is 0.0920. The highest BCUT2D eigenvalue weighted by Gasteiger charge is 2.25. The summed E-state index contributed by atoms with van der Waals surface area (Å²) in [7, 11) is 0. The fourth-order valence-electron chi connectivity index (χ4n) is 1.61. The molecule has 0 unspecified atom stereocenters. The van der Waals surface area contributed by atoms with Crippen molar-refractivity contribution in [1.82, 2.24) is 4.90 Å². The highest BCUT2D eigenvalue weighted by molar-refractivity contribution is 5.74. The smallest absolute Gasteiger partial charge is 0.219 e. The van der Waals surface area contributed by atoms with Gasteiger partial charge in [0.25, 0.3) is 0 Å². The van der Waals surface area contributed by atoms with E-state index in [1.54, 1.807) is 11.8 Å². The Hall–Kier alpha value is -0.860. The summed E-state index contributed by atoms with van der Waals surface area (Å²) < 4.78 is 0. The Balaban J connectivity index is 2.50. The van der Waals surface area contributed by atoms with Gasteiger partial charge in [0.1, 0.15) is 6.29 Å². The van der Waals surface area contributed by atoms with Crippen LogP contribution in [0.2, 0.25) is 0 Å². The fraction of sp³-hybridized carbons (Fsp3) is 0.750. The second-order valence-electron chi connectivity index (χ2n) is 2.91. The van der Waals surface area contributed by atoms with E-state index in [1.807, 2.05) is 0 Å². The van der Waals surface area contributed by atoms with Crippen LogP contribution in [0.5, 0.6) is 0 Å². The Morgan fingerprint density at radius 2 is 2.45 bits per heavy atom. The number of aldehydes is 1. The molecule has 0 radical (unpaired) electrons. The maximum Gasteiger partial charge on any atom is 0.219 e. The van der Waals surface area contributed by atoms with Gasteiger partial charge >= 0.3 is 0 Å². The zero-order chi connectivity index (χ0) is 8.27. The molecule has 1 aliphatic heterocycles. The number of amides is 1. The number of likely N-dealkylation sites (tertiary alicyclic amines) is 1. The summed E-state index contributed by atoms with van der Waals surface area (Å²) in [6.45, 7) is 2.39. The first-order valence-electron chi connectivity index (χ1n) is 3.96. The molecule has 0 aromatic heterocycles. The van der Waals surface area contributed by atoms with Gasteiger partial charge in [-0.2, -0.15) is 0 Å². The molecular weight excluding hydrogens is 142 g/mol. The first kappa shape index (κ1) is 8.24. The van der Waals surface area contributed by atoms with Crippen LogP contribution >= 0.6 is 0 Å². The van der Waals surface area contributed by atoms with Crippen molar-refractivity contribution < 1.29 is 9.59 Å². The number of hydrogen-bond donors (Lipinski definition) is 0. The minimum atomic E-state index is 0.0920. The SMILES string of the molecule is CC(=O)N1CCC[C@H]1CC=O. The van der Waals surface area contributed by atoms with E-state index in [9.17, 15) is 9.59 Å². The molecule has 0 N–H and O–H groups in total. The molecule has 62 valence electrons. The first-order chi connectivity index (χ1) is 5.25. The van der Waals surface area contributed by atoms with Crippen LogP contribution < -0.4 is 0 Å². The lowest BCUT2D eigenvalue weighted by molar-refractivity contribution is -0.129. The lowest BCUT2D eigenvalue weighted by Crippen LogP contribution is -2.33. The van der Waals surface area contributed by atoms with Crippen molar-refractivity contribution in [3.8, 4) is 0 Å². The zero-order valence-corrected chi connectivity index (χ0v) is 6.75. The quantitative estimate of drug-likeness (QED) is 0.547. The largest absolute Gasteiger partial charge is 0.340 e. The van der Waals surface area contributed by atoms with Crippen LogP contribution in [0.15, 0.2) is 0 Å². The number of nitrogens with zero attached hydrogens (tertiary/aromatic N) is 1. The van der Waals surface area contributed by atoms with E-state index in [0.717, 1.165) is 25.7 Å². The van der Waals surface area contributed by atoms with Gasteiger partial charge in [0, 0.05) is 25.9 Å². The van der Waals surface area contributed by atoms with Crippen LogP contribution in [0.4, 0.5) is 0 Å². The molecule has 11 heavy (non-hydrogen) atoms. The topological polar surface area (TPSA) is 37.4 Å². The second kappa shape index (κ2) is 3.51. The van der Waals surface area contributed by atoms with Crippen molar-refractivity contribution in [2.24, 2.45) is 0 Å². The maximum absolute atomic E-state index is 10.9. The number of carbonyl (C=O) groups is 2. The number of carbonyl (C=O) groups excluding carboxylic acids is 2. The molecule has 0 saturated carbocycles. The zero-order valence-electron chi connectivity index (χ0n) is 6.75. The molecule has 3 nitrogen and oxygen atoms in total. The summed E-state index contributed by atoms with van der Waals surface area (Å²) >= 11 is 0. The molecule has 3 heteroatoms. The Morgan fingerprint density at radius 1 is 1.73 bits per heavy atom. The third-order valence-corrected chi connectivity index (χ3v) is 2.15. The van der Waals surface area contributed by atoms with E-state index < -0.39 is 0 Å². The van der Waals surface area contributed by atoms with Gasteiger partial charge in [-0.25, -0.2) is 0 Å². The van der Waals surface area contributed by atoms with Gasteiger partial charge in [0.05, 0.1) is 0 Å². The maximum atomic E-state index is 10.9. The van der Waals surface area contributed by atoms with Crippen LogP contribution in [0.3, 0.4) is 0 Å². The molecule has 1 heterocycles. The molecule has 0 spiro atoms. The third kappa shape index (κ3) is 1.79. The molecule has 0 aromatic rings. The minimum Gasteiger partial charge on any atom is -0.340 e. The van der Waals surface area contributed by atoms with Crippen molar-refractivity contribution in [2.75, 3.05) is 6.54 Å². The Morgan fingerprint density at radius 3 is 3.00 bits per heavy atom. The summed E-state index contributed by atoms with van der Waals surface area (Å²) in [5.41, 5.74) is 0. The molecule has 1 rings (SSSR count).